The zero-order valence-corrected chi connectivity index (χ0v) is 8.44. The molecule has 0 N–H and O–H groups in total. The monoisotopic (exact) mass is 237 g/mol. The van der Waals surface area contributed by atoms with Gasteiger partial charge in [0.25, 0.3) is 0 Å². The third kappa shape index (κ3) is 2.28. The van der Waals surface area contributed by atoms with E-state index >= 15 is 0 Å². The number of aromatic nitrogens is 2. The fraction of sp³-hybridized carbons (Fsp3) is 0.0909. The minimum atomic E-state index is -4.35. The average molecular weight is 237 g/mol. The van der Waals surface area contributed by atoms with Crippen LogP contribution >= 0.6 is 0 Å². The summed E-state index contributed by atoms with van der Waals surface area (Å²) in [6.45, 7) is 0. The van der Waals surface area contributed by atoms with Crippen LogP contribution in [0.3, 0.4) is 0 Å². The molecule has 2 rings (SSSR count). The van der Waals surface area contributed by atoms with Crippen LogP contribution in [0, 0.1) is 11.3 Å². The zero-order valence-electron chi connectivity index (χ0n) is 8.44. The number of nitrogens with zero attached hydrogens (tertiary/aromatic N) is 3. The van der Waals surface area contributed by atoms with E-state index in [0.29, 0.717) is 11.3 Å². The molecule has 0 bridgehead atoms. The quantitative estimate of drug-likeness (QED) is 0.765. The molecule has 0 aliphatic carbocycles. The van der Waals surface area contributed by atoms with Gasteiger partial charge in [-0.2, -0.15) is 23.5 Å². The van der Waals surface area contributed by atoms with Crippen molar-refractivity contribution >= 4 is 0 Å². The predicted molar refractivity (Wildman–Crippen MR) is 53.3 cm³/mol. The molecule has 6 heteroatoms. The summed E-state index contributed by atoms with van der Waals surface area (Å²) in [6.07, 6.45) is -1.55. The molecule has 0 spiro atoms. The van der Waals surface area contributed by atoms with Gasteiger partial charge in [-0.1, -0.05) is 0 Å². The van der Waals surface area contributed by atoms with Crippen molar-refractivity contribution in [3.8, 4) is 11.8 Å². The first-order valence-corrected chi connectivity index (χ1v) is 4.63. The fourth-order valence-electron chi connectivity index (χ4n) is 1.32. The van der Waals surface area contributed by atoms with Crippen molar-refractivity contribution in [2.24, 2.45) is 0 Å². The van der Waals surface area contributed by atoms with E-state index in [-0.39, 0.29) is 0 Å². The molecule has 86 valence electrons. The van der Waals surface area contributed by atoms with Gasteiger partial charge in [0.05, 0.1) is 23.0 Å². The molecule has 0 radical (unpaired) electrons. The summed E-state index contributed by atoms with van der Waals surface area (Å²) in [5.74, 6) is 0. The minimum absolute atomic E-state index is 0.352. The second-order valence-electron chi connectivity index (χ2n) is 3.33. The van der Waals surface area contributed by atoms with Gasteiger partial charge in [-0.25, -0.2) is 4.68 Å². The highest BCUT2D eigenvalue weighted by Gasteiger charge is 2.29. The predicted octanol–water partition coefficient (Wildman–Crippen LogP) is 2.76. The Hall–Kier alpha value is -2.29. The van der Waals surface area contributed by atoms with Crippen molar-refractivity contribution in [1.29, 1.82) is 5.26 Å². The second kappa shape index (κ2) is 3.94. The summed E-state index contributed by atoms with van der Waals surface area (Å²) in [5.41, 5.74) is 0.110. The van der Waals surface area contributed by atoms with Crippen molar-refractivity contribution in [3.63, 3.8) is 0 Å². The Morgan fingerprint density at radius 2 is 1.82 bits per heavy atom. The van der Waals surface area contributed by atoms with Gasteiger partial charge in [-0.05, 0) is 24.3 Å². The highest BCUT2D eigenvalue weighted by molar-refractivity contribution is 5.36. The Kier molecular flexibility index (Phi) is 2.60. The lowest BCUT2D eigenvalue weighted by atomic mass is 10.2. The molecular weight excluding hydrogens is 231 g/mol. The zero-order chi connectivity index (χ0) is 12.5. The normalized spacial score (nSPS) is 11.2. The van der Waals surface area contributed by atoms with Crippen LogP contribution in [0.5, 0.6) is 0 Å². The Morgan fingerprint density at radius 1 is 1.18 bits per heavy atom. The molecule has 0 atom stereocenters. The lowest BCUT2D eigenvalue weighted by Crippen LogP contribution is -2.05. The van der Waals surface area contributed by atoms with Crippen molar-refractivity contribution in [3.05, 3.63) is 47.8 Å². The molecule has 0 saturated carbocycles. The van der Waals surface area contributed by atoms with Gasteiger partial charge in [0.15, 0.2) is 0 Å². The molecule has 0 amide bonds. The lowest BCUT2D eigenvalue weighted by Gasteiger charge is -2.07. The van der Waals surface area contributed by atoms with E-state index < -0.39 is 11.7 Å². The molecule has 1 aromatic heterocycles. The fourth-order valence-corrected chi connectivity index (χ4v) is 1.32. The van der Waals surface area contributed by atoms with Crippen LogP contribution in [0.1, 0.15) is 11.1 Å². The topological polar surface area (TPSA) is 41.6 Å². The van der Waals surface area contributed by atoms with Gasteiger partial charge in [0.2, 0.25) is 0 Å². The summed E-state index contributed by atoms with van der Waals surface area (Å²) >= 11 is 0. The van der Waals surface area contributed by atoms with Crippen LogP contribution < -0.4 is 0 Å². The molecule has 3 nitrogen and oxygen atoms in total. The SMILES string of the molecule is N#Cc1cnn(-c2ccc(C(F)(F)F)cc2)c1. The Balaban J connectivity index is 2.33. The van der Waals surface area contributed by atoms with Crippen LogP contribution in [-0.4, -0.2) is 9.78 Å². The molecule has 0 fully saturated rings. The minimum Gasteiger partial charge on any atom is -0.240 e. The first-order valence-electron chi connectivity index (χ1n) is 4.63. The third-order valence-electron chi connectivity index (χ3n) is 2.17. The molecule has 2 aromatic rings. The maximum atomic E-state index is 12.3. The van der Waals surface area contributed by atoms with Crippen molar-refractivity contribution in [2.45, 2.75) is 6.18 Å². The van der Waals surface area contributed by atoms with Crippen molar-refractivity contribution in [1.82, 2.24) is 9.78 Å². The van der Waals surface area contributed by atoms with E-state index in [2.05, 4.69) is 5.10 Å². The number of hydrogen-bond donors (Lipinski definition) is 0. The summed E-state index contributed by atoms with van der Waals surface area (Å²) in [5, 5.41) is 12.5. The van der Waals surface area contributed by atoms with Gasteiger partial charge in [0.1, 0.15) is 6.07 Å². The number of hydrogen-bond acceptors (Lipinski definition) is 2. The number of alkyl halides is 3. The van der Waals surface area contributed by atoms with E-state index in [9.17, 15) is 13.2 Å². The van der Waals surface area contributed by atoms with Crippen LogP contribution in [-0.2, 0) is 6.18 Å². The number of rotatable bonds is 1. The van der Waals surface area contributed by atoms with Gasteiger partial charge in [-0.3, -0.25) is 0 Å². The van der Waals surface area contributed by atoms with Crippen LogP contribution in [0.25, 0.3) is 5.69 Å². The van der Waals surface area contributed by atoms with Crippen LogP contribution in [0.15, 0.2) is 36.7 Å². The molecule has 0 aliphatic rings. The van der Waals surface area contributed by atoms with Crippen molar-refractivity contribution < 1.29 is 13.2 Å². The Labute approximate surface area is 94.7 Å². The summed E-state index contributed by atoms with van der Waals surface area (Å²) in [7, 11) is 0. The molecule has 1 heterocycles. The van der Waals surface area contributed by atoms with E-state index in [4.69, 9.17) is 5.26 Å². The highest BCUT2D eigenvalue weighted by Crippen LogP contribution is 2.29. The van der Waals surface area contributed by atoms with Gasteiger partial charge in [0, 0.05) is 6.20 Å². The second-order valence-corrected chi connectivity index (χ2v) is 3.33. The van der Waals surface area contributed by atoms with E-state index in [1.165, 1.54) is 29.2 Å². The largest absolute Gasteiger partial charge is 0.416 e. The summed E-state index contributed by atoms with van der Waals surface area (Å²) < 4.78 is 38.3. The molecular formula is C11H6F3N3. The van der Waals surface area contributed by atoms with E-state index in [1.807, 2.05) is 6.07 Å². The number of benzene rings is 1. The van der Waals surface area contributed by atoms with Gasteiger partial charge in [-0.15, -0.1) is 0 Å². The van der Waals surface area contributed by atoms with E-state index in [1.54, 1.807) is 0 Å². The van der Waals surface area contributed by atoms with Crippen LogP contribution in [0.4, 0.5) is 13.2 Å². The van der Waals surface area contributed by atoms with E-state index in [0.717, 1.165) is 12.1 Å². The molecule has 17 heavy (non-hydrogen) atoms. The molecule has 1 aromatic carbocycles. The molecule has 0 saturated heterocycles. The Bertz CT molecular complexity index is 561. The molecule has 0 aliphatic heterocycles. The maximum absolute atomic E-state index is 12.3. The van der Waals surface area contributed by atoms with Gasteiger partial charge < -0.3 is 0 Å². The van der Waals surface area contributed by atoms with Gasteiger partial charge >= 0.3 is 6.18 Å². The third-order valence-corrected chi connectivity index (χ3v) is 2.17. The maximum Gasteiger partial charge on any atom is 0.416 e. The number of halogens is 3. The van der Waals surface area contributed by atoms with Crippen LogP contribution in [0.2, 0.25) is 0 Å². The first kappa shape index (κ1) is 11.2. The van der Waals surface area contributed by atoms with Crippen molar-refractivity contribution in [2.75, 3.05) is 0 Å². The number of nitriles is 1. The lowest BCUT2D eigenvalue weighted by molar-refractivity contribution is -0.137. The smallest absolute Gasteiger partial charge is 0.240 e. The standard InChI is InChI=1S/C11H6F3N3/c12-11(13,14)9-1-3-10(4-2-9)17-7-8(5-15)6-16-17/h1-4,6-7H. The highest BCUT2D eigenvalue weighted by atomic mass is 19.4. The summed E-state index contributed by atoms with van der Waals surface area (Å²) in [4.78, 5) is 0. The average Bonchev–Trinajstić information content (AvgIpc) is 2.76. The first-order chi connectivity index (χ1) is 8.00. The summed E-state index contributed by atoms with van der Waals surface area (Å²) in [6, 6.07) is 6.45. The molecule has 0 unspecified atom stereocenters. The Morgan fingerprint density at radius 3 is 2.29 bits per heavy atom.